The lowest BCUT2D eigenvalue weighted by molar-refractivity contribution is -0.140. The average Bonchev–Trinajstić information content (AvgIpc) is 2.49. The maximum absolute atomic E-state index is 11.0. The van der Waals surface area contributed by atoms with E-state index in [2.05, 4.69) is 5.32 Å². The molecule has 0 amide bonds. The summed E-state index contributed by atoms with van der Waals surface area (Å²) >= 11 is 0. The van der Waals surface area contributed by atoms with E-state index in [0.29, 0.717) is 5.75 Å². The van der Waals surface area contributed by atoms with E-state index in [4.69, 9.17) is 9.84 Å². The topological polar surface area (TPSA) is 58.6 Å². The molecule has 0 heterocycles. The molecule has 0 aliphatic carbocycles. The molecule has 2 aromatic rings. The molecule has 2 rings (SSSR count). The first-order valence-corrected chi connectivity index (χ1v) is 6.39. The molecule has 1 atom stereocenters. The number of hydrogen-bond acceptors (Lipinski definition) is 3. The van der Waals surface area contributed by atoms with Crippen molar-refractivity contribution >= 4 is 5.97 Å². The molecule has 4 heteroatoms. The van der Waals surface area contributed by atoms with Crippen molar-refractivity contribution in [1.82, 2.24) is 5.32 Å². The van der Waals surface area contributed by atoms with Gasteiger partial charge in [-0.3, -0.25) is 4.79 Å². The number of aliphatic carboxylic acids is 1. The third-order valence-electron chi connectivity index (χ3n) is 3.02. The van der Waals surface area contributed by atoms with Crippen LogP contribution >= 0.6 is 0 Å². The van der Waals surface area contributed by atoms with Crippen LogP contribution in [0.25, 0.3) is 11.1 Å². The van der Waals surface area contributed by atoms with E-state index in [9.17, 15) is 4.79 Å². The van der Waals surface area contributed by atoms with Gasteiger partial charge in [0.05, 0.1) is 0 Å². The molecule has 0 fully saturated rings. The van der Waals surface area contributed by atoms with E-state index < -0.39 is 12.0 Å². The van der Waals surface area contributed by atoms with Crippen LogP contribution in [0.1, 0.15) is 0 Å². The standard InChI is InChI=1S/C16H17NO3/c1-17-14(16(18)19)11-20-15-10-6-5-9-13(15)12-7-3-2-4-8-12/h2-10,14,17H,11H2,1H3,(H,18,19). The summed E-state index contributed by atoms with van der Waals surface area (Å²) in [6.45, 7) is 0.0790. The molecule has 0 saturated heterocycles. The lowest BCUT2D eigenvalue weighted by atomic mass is 10.1. The van der Waals surface area contributed by atoms with Gasteiger partial charge >= 0.3 is 5.97 Å². The quantitative estimate of drug-likeness (QED) is 0.847. The Bertz CT molecular complexity index is 569. The normalized spacial score (nSPS) is 11.8. The lowest BCUT2D eigenvalue weighted by Gasteiger charge is -2.15. The monoisotopic (exact) mass is 271 g/mol. The minimum absolute atomic E-state index is 0.0790. The van der Waals surface area contributed by atoms with Crippen molar-refractivity contribution in [2.45, 2.75) is 6.04 Å². The van der Waals surface area contributed by atoms with Crippen molar-refractivity contribution in [3.05, 3.63) is 54.6 Å². The van der Waals surface area contributed by atoms with Gasteiger partial charge in [0.25, 0.3) is 0 Å². The van der Waals surface area contributed by atoms with E-state index in [1.807, 2.05) is 54.6 Å². The van der Waals surface area contributed by atoms with E-state index in [-0.39, 0.29) is 6.61 Å². The average molecular weight is 271 g/mol. The molecular formula is C16H17NO3. The highest BCUT2D eigenvalue weighted by Gasteiger charge is 2.16. The van der Waals surface area contributed by atoms with Crippen LogP contribution in [0.4, 0.5) is 0 Å². The first-order chi connectivity index (χ1) is 9.72. The molecule has 0 aliphatic heterocycles. The predicted molar refractivity (Wildman–Crippen MR) is 77.9 cm³/mol. The van der Waals surface area contributed by atoms with Gasteiger partial charge in [0, 0.05) is 5.56 Å². The van der Waals surface area contributed by atoms with Crippen molar-refractivity contribution in [3.63, 3.8) is 0 Å². The molecule has 2 aromatic carbocycles. The Hall–Kier alpha value is -2.33. The Morgan fingerprint density at radius 3 is 2.45 bits per heavy atom. The molecule has 0 aromatic heterocycles. The zero-order valence-corrected chi connectivity index (χ0v) is 11.2. The maximum Gasteiger partial charge on any atom is 0.324 e. The Balaban J connectivity index is 2.19. The van der Waals surface area contributed by atoms with Gasteiger partial charge in [-0.25, -0.2) is 0 Å². The van der Waals surface area contributed by atoms with Crippen LogP contribution in [0.15, 0.2) is 54.6 Å². The van der Waals surface area contributed by atoms with Crippen molar-refractivity contribution in [2.75, 3.05) is 13.7 Å². The Kier molecular flexibility index (Phi) is 4.74. The van der Waals surface area contributed by atoms with Crippen molar-refractivity contribution in [3.8, 4) is 16.9 Å². The molecule has 2 N–H and O–H groups in total. The number of carboxylic acid groups (broad SMARTS) is 1. The van der Waals surface area contributed by atoms with E-state index in [0.717, 1.165) is 11.1 Å². The Labute approximate surface area is 118 Å². The molecule has 104 valence electrons. The first-order valence-electron chi connectivity index (χ1n) is 6.39. The first kappa shape index (κ1) is 14.1. The van der Waals surface area contributed by atoms with Gasteiger partial charge < -0.3 is 15.2 Å². The van der Waals surface area contributed by atoms with E-state index >= 15 is 0 Å². The number of hydrogen-bond donors (Lipinski definition) is 2. The minimum atomic E-state index is -0.926. The Morgan fingerprint density at radius 2 is 1.80 bits per heavy atom. The summed E-state index contributed by atoms with van der Waals surface area (Å²) in [6, 6.07) is 16.7. The van der Waals surface area contributed by atoms with Crippen LogP contribution in [-0.4, -0.2) is 30.8 Å². The number of para-hydroxylation sites is 1. The summed E-state index contributed by atoms with van der Waals surface area (Å²) in [6.07, 6.45) is 0. The van der Waals surface area contributed by atoms with E-state index in [1.165, 1.54) is 0 Å². The fraction of sp³-hybridized carbons (Fsp3) is 0.188. The lowest BCUT2D eigenvalue weighted by Crippen LogP contribution is -2.39. The van der Waals surface area contributed by atoms with Gasteiger partial charge in [-0.2, -0.15) is 0 Å². The summed E-state index contributed by atoms with van der Waals surface area (Å²) in [5.74, 6) is -0.245. The predicted octanol–water partition coefficient (Wildman–Crippen LogP) is 2.40. The van der Waals surface area contributed by atoms with Crippen LogP contribution in [-0.2, 0) is 4.79 Å². The molecular weight excluding hydrogens is 254 g/mol. The second-order valence-corrected chi connectivity index (χ2v) is 4.35. The third kappa shape index (κ3) is 3.36. The number of rotatable bonds is 6. The summed E-state index contributed by atoms with van der Waals surface area (Å²) in [5.41, 5.74) is 1.99. The molecule has 0 spiro atoms. The summed E-state index contributed by atoms with van der Waals surface area (Å²) in [5, 5.41) is 11.7. The van der Waals surface area contributed by atoms with Crippen molar-refractivity contribution < 1.29 is 14.6 Å². The largest absolute Gasteiger partial charge is 0.491 e. The molecule has 4 nitrogen and oxygen atoms in total. The number of likely N-dealkylation sites (N-methyl/N-ethyl adjacent to an activating group) is 1. The molecule has 0 aliphatic rings. The van der Waals surface area contributed by atoms with Crippen LogP contribution in [0.3, 0.4) is 0 Å². The molecule has 0 saturated carbocycles. The van der Waals surface area contributed by atoms with Crippen molar-refractivity contribution in [2.24, 2.45) is 0 Å². The highest BCUT2D eigenvalue weighted by Crippen LogP contribution is 2.29. The molecule has 1 unspecified atom stereocenters. The summed E-state index contributed by atoms with van der Waals surface area (Å²) in [7, 11) is 1.60. The summed E-state index contributed by atoms with van der Waals surface area (Å²) in [4.78, 5) is 11.0. The van der Waals surface area contributed by atoms with Gasteiger partial charge in [-0.1, -0.05) is 48.5 Å². The van der Waals surface area contributed by atoms with Gasteiger partial charge in [-0.15, -0.1) is 0 Å². The number of ether oxygens (including phenoxy) is 1. The highest BCUT2D eigenvalue weighted by molar-refractivity contribution is 5.74. The second kappa shape index (κ2) is 6.73. The number of carboxylic acids is 1. The smallest absolute Gasteiger partial charge is 0.324 e. The highest BCUT2D eigenvalue weighted by atomic mass is 16.5. The SMILES string of the molecule is CNC(COc1ccccc1-c1ccccc1)C(=O)O. The van der Waals surface area contributed by atoms with Gasteiger partial charge in [0.1, 0.15) is 18.4 Å². The second-order valence-electron chi connectivity index (χ2n) is 4.35. The van der Waals surface area contributed by atoms with Crippen LogP contribution in [0, 0.1) is 0 Å². The third-order valence-corrected chi connectivity index (χ3v) is 3.02. The minimum Gasteiger partial charge on any atom is -0.491 e. The summed E-state index contributed by atoms with van der Waals surface area (Å²) < 4.78 is 5.66. The molecule has 0 bridgehead atoms. The zero-order valence-electron chi connectivity index (χ0n) is 11.2. The maximum atomic E-state index is 11.0. The van der Waals surface area contributed by atoms with Gasteiger partial charge in [0.2, 0.25) is 0 Å². The van der Waals surface area contributed by atoms with Crippen LogP contribution in [0.5, 0.6) is 5.75 Å². The van der Waals surface area contributed by atoms with Crippen LogP contribution < -0.4 is 10.1 Å². The number of carbonyl (C=O) groups is 1. The van der Waals surface area contributed by atoms with E-state index in [1.54, 1.807) is 7.05 Å². The fourth-order valence-electron chi connectivity index (χ4n) is 1.90. The fourth-order valence-corrected chi connectivity index (χ4v) is 1.90. The number of benzene rings is 2. The molecule has 0 radical (unpaired) electrons. The number of nitrogens with one attached hydrogen (secondary N) is 1. The van der Waals surface area contributed by atoms with Crippen LogP contribution in [0.2, 0.25) is 0 Å². The van der Waals surface area contributed by atoms with Gasteiger partial charge in [0.15, 0.2) is 0 Å². The molecule has 20 heavy (non-hydrogen) atoms. The zero-order chi connectivity index (χ0) is 14.4. The Morgan fingerprint density at radius 1 is 1.15 bits per heavy atom. The van der Waals surface area contributed by atoms with Gasteiger partial charge in [-0.05, 0) is 18.7 Å². The van der Waals surface area contributed by atoms with Crippen molar-refractivity contribution in [1.29, 1.82) is 0 Å².